The molecule has 1 fully saturated rings. The van der Waals surface area contributed by atoms with Crippen LogP contribution in [-0.2, 0) is 4.74 Å². The lowest BCUT2D eigenvalue weighted by Gasteiger charge is -2.27. The highest BCUT2D eigenvalue weighted by Gasteiger charge is 2.26. The van der Waals surface area contributed by atoms with E-state index >= 15 is 0 Å². The fraction of sp³-hybridized carbons (Fsp3) is 0.500. The van der Waals surface area contributed by atoms with Crippen molar-refractivity contribution in [3.05, 3.63) is 28.2 Å². The fourth-order valence-electron chi connectivity index (χ4n) is 1.71. The number of hydrogen-bond donors (Lipinski definition) is 1. The van der Waals surface area contributed by atoms with Crippen molar-refractivity contribution in [3.63, 3.8) is 0 Å². The van der Waals surface area contributed by atoms with Crippen LogP contribution < -0.4 is 0 Å². The van der Waals surface area contributed by atoms with E-state index in [9.17, 15) is 9.50 Å². The number of rotatable bonds is 1. The van der Waals surface area contributed by atoms with Gasteiger partial charge in [0.1, 0.15) is 5.82 Å². The van der Waals surface area contributed by atoms with Crippen molar-refractivity contribution in [2.45, 2.75) is 25.0 Å². The van der Waals surface area contributed by atoms with Gasteiger partial charge in [0.25, 0.3) is 0 Å². The first-order valence-electron chi connectivity index (χ1n) is 4.77. The summed E-state index contributed by atoms with van der Waals surface area (Å²) in [5.74, 6) is -0.400. The van der Waals surface area contributed by atoms with Gasteiger partial charge in [-0.25, -0.2) is 4.39 Å². The first kappa shape index (κ1) is 11.0. The molecule has 15 heavy (non-hydrogen) atoms. The van der Waals surface area contributed by atoms with Crippen LogP contribution in [0.25, 0.3) is 0 Å². The van der Waals surface area contributed by atoms with E-state index in [4.69, 9.17) is 4.74 Å². The Morgan fingerprint density at radius 2 is 2.33 bits per heavy atom. The molecule has 1 aliphatic heterocycles. The third-order valence-corrected chi connectivity index (χ3v) is 3.10. The van der Waals surface area contributed by atoms with E-state index in [0.717, 1.165) is 6.20 Å². The Balaban J connectivity index is 2.28. The van der Waals surface area contributed by atoms with E-state index in [1.165, 1.54) is 6.20 Å². The van der Waals surface area contributed by atoms with Gasteiger partial charge in [0.05, 0.1) is 18.4 Å². The quantitative estimate of drug-likeness (QED) is 0.855. The molecular formula is C10H11BrFNO2. The Morgan fingerprint density at radius 1 is 1.53 bits per heavy atom. The summed E-state index contributed by atoms with van der Waals surface area (Å²) in [7, 11) is 0. The number of pyridine rings is 1. The second-order valence-electron chi connectivity index (χ2n) is 3.55. The predicted octanol–water partition coefficient (Wildman–Crippen LogP) is 2.20. The lowest BCUT2D eigenvalue weighted by Crippen LogP contribution is -2.24. The van der Waals surface area contributed by atoms with Crippen LogP contribution in [0.3, 0.4) is 0 Å². The Morgan fingerprint density at radius 3 is 3.00 bits per heavy atom. The number of halogens is 2. The molecule has 5 heteroatoms. The topological polar surface area (TPSA) is 42.4 Å². The van der Waals surface area contributed by atoms with Gasteiger partial charge in [-0.05, 0) is 22.4 Å². The van der Waals surface area contributed by atoms with Gasteiger partial charge in [-0.2, -0.15) is 0 Å². The minimum Gasteiger partial charge on any atom is -0.393 e. The third-order valence-electron chi connectivity index (χ3n) is 2.47. The number of aromatic nitrogens is 1. The predicted molar refractivity (Wildman–Crippen MR) is 55.8 cm³/mol. The molecule has 0 radical (unpaired) electrons. The standard InChI is InChI=1S/C10H11BrFNO2/c11-7-4-13-5-8(12)10(7)9-3-6(14)1-2-15-9/h4-6,9,14H,1-3H2. The molecule has 2 heterocycles. The first-order chi connectivity index (χ1) is 7.18. The van der Waals surface area contributed by atoms with Crippen LogP contribution in [0.2, 0.25) is 0 Å². The van der Waals surface area contributed by atoms with Crippen LogP contribution in [0.15, 0.2) is 16.9 Å². The molecular weight excluding hydrogens is 265 g/mol. The molecule has 82 valence electrons. The normalized spacial score (nSPS) is 26.6. The molecule has 1 aliphatic rings. The second-order valence-corrected chi connectivity index (χ2v) is 4.41. The van der Waals surface area contributed by atoms with Crippen molar-refractivity contribution in [3.8, 4) is 0 Å². The number of nitrogens with zero attached hydrogens (tertiary/aromatic N) is 1. The van der Waals surface area contributed by atoms with E-state index in [0.29, 0.717) is 29.5 Å². The lowest BCUT2D eigenvalue weighted by molar-refractivity contribution is -0.0465. The van der Waals surface area contributed by atoms with Crippen molar-refractivity contribution >= 4 is 15.9 Å². The smallest absolute Gasteiger partial charge is 0.148 e. The SMILES string of the molecule is OC1CCOC(c2c(F)cncc2Br)C1. The summed E-state index contributed by atoms with van der Waals surface area (Å²) in [5.41, 5.74) is 0.448. The molecule has 1 aromatic rings. The molecule has 0 bridgehead atoms. The highest BCUT2D eigenvalue weighted by Crippen LogP contribution is 2.33. The van der Waals surface area contributed by atoms with Gasteiger partial charge in [0.2, 0.25) is 0 Å². The first-order valence-corrected chi connectivity index (χ1v) is 5.56. The molecule has 2 unspecified atom stereocenters. The van der Waals surface area contributed by atoms with Crippen LogP contribution in [0.5, 0.6) is 0 Å². The Labute approximate surface area is 95.4 Å². The van der Waals surface area contributed by atoms with Gasteiger partial charge in [-0.3, -0.25) is 4.98 Å². The number of aliphatic hydroxyl groups is 1. The van der Waals surface area contributed by atoms with Crippen molar-refractivity contribution < 1.29 is 14.2 Å². The van der Waals surface area contributed by atoms with Gasteiger partial charge in [-0.15, -0.1) is 0 Å². The summed E-state index contributed by atoms with van der Waals surface area (Å²) in [6.45, 7) is 0.458. The van der Waals surface area contributed by atoms with Crippen molar-refractivity contribution in [1.82, 2.24) is 4.98 Å². The van der Waals surface area contributed by atoms with Gasteiger partial charge >= 0.3 is 0 Å². The summed E-state index contributed by atoms with van der Waals surface area (Å²) in [5, 5.41) is 9.49. The zero-order valence-corrected chi connectivity index (χ0v) is 9.58. The average Bonchev–Trinajstić information content (AvgIpc) is 2.17. The Bertz CT molecular complexity index is 341. The molecule has 0 saturated carbocycles. The summed E-state index contributed by atoms with van der Waals surface area (Å²) < 4.78 is 19.5. The van der Waals surface area contributed by atoms with E-state index in [2.05, 4.69) is 20.9 Å². The fourth-order valence-corrected chi connectivity index (χ4v) is 2.27. The molecule has 1 saturated heterocycles. The zero-order valence-electron chi connectivity index (χ0n) is 7.99. The largest absolute Gasteiger partial charge is 0.393 e. The highest BCUT2D eigenvalue weighted by molar-refractivity contribution is 9.10. The molecule has 2 atom stereocenters. The van der Waals surface area contributed by atoms with Gasteiger partial charge < -0.3 is 9.84 Å². The minimum absolute atomic E-state index is 0.383. The van der Waals surface area contributed by atoms with E-state index in [1.807, 2.05) is 0 Å². The molecule has 3 nitrogen and oxygen atoms in total. The van der Waals surface area contributed by atoms with Crippen LogP contribution >= 0.6 is 15.9 Å². The molecule has 0 aliphatic carbocycles. The summed E-state index contributed by atoms with van der Waals surface area (Å²) in [6.07, 6.45) is 2.93. The number of hydrogen-bond acceptors (Lipinski definition) is 3. The Kier molecular flexibility index (Phi) is 3.33. The van der Waals surface area contributed by atoms with Crippen LogP contribution in [-0.4, -0.2) is 22.8 Å². The average molecular weight is 276 g/mol. The zero-order chi connectivity index (χ0) is 10.8. The second kappa shape index (κ2) is 4.55. The summed E-state index contributed by atoms with van der Waals surface area (Å²) in [4.78, 5) is 3.72. The maximum absolute atomic E-state index is 13.5. The molecule has 1 aromatic heterocycles. The molecule has 0 amide bonds. The Hall–Kier alpha value is -0.520. The number of aliphatic hydroxyl groups excluding tert-OH is 1. The summed E-state index contributed by atoms with van der Waals surface area (Å²) in [6, 6.07) is 0. The highest BCUT2D eigenvalue weighted by atomic mass is 79.9. The van der Waals surface area contributed by atoms with Gasteiger partial charge in [0, 0.05) is 29.3 Å². The van der Waals surface area contributed by atoms with Crippen LogP contribution in [0, 0.1) is 5.82 Å². The van der Waals surface area contributed by atoms with Crippen molar-refractivity contribution in [1.29, 1.82) is 0 Å². The van der Waals surface area contributed by atoms with E-state index in [-0.39, 0.29) is 6.10 Å². The van der Waals surface area contributed by atoms with Gasteiger partial charge in [0.15, 0.2) is 0 Å². The maximum Gasteiger partial charge on any atom is 0.148 e. The third kappa shape index (κ3) is 2.35. The molecule has 0 aromatic carbocycles. The van der Waals surface area contributed by atoms with E-state index in [1.54, 1.807) is 0 Å². The van der Waals surface area contributed by atoms with E-state index < -0.39 is 11.9 Å². The van der Waals surface area contributed by atoms with Gasteiger partial charge in [-0.1, -0.05) is 0 Å². The van der Waals surface area contributed by atoms with Crippen LogP contribution in [0.4, 0.5) is 4.39 Å². The maximum atomic E-state index is 13.5. The molecule has 0 spiro atoms. The van der Waals surface area contributed by atoms with Crippen molar-refractivity contribution in [2.24, 2.45) is 0 Å². The lowest BCUT2D eigenvalue weighted by atomic mass is 10.00. The molecule has 2 rings (SSSR count). The molecule has 1 N–H and O–H groups in total. The van der Waals surface area contributed by atoms with Crippen LogP contribution in [0.1, 0.15) is 24.5 Å². The van der Waals surface area contributed by atoms with Crippen molar-refractivity contribution in [2.75, 3.05) is 6.61 Å². The summed E-state index contributed by atoms with van der Waals surface area (Å²) >= 11 is 3.24. The number of ether oxygens (including phenoxy) is 1. The minimum atomic E-state index is -0.414. The monoisotopic (exact) mass is 275 g/mol.